The first-order valence-corrected chi connectivity index (χ1v) is 14.6. The van der Waals surface area contributed by atoms with Crippen molar-refractivity contribution in [2.75, 3.05) is 13.2 Å². The summed E-state index contributed by atoms with van der Waals surface area (Å²) in [7, 11) is 0. The summed E-state index contributed by atoms with van der Waals surface area (Å²) in [6.07, 6.45) is -0.834. The Kier molecular flexibility index (Phi) is 10.3. The van der Waals surface area contributed by atoms with Gasteiger partial charge in [0.2, 0.25) is 0 Å². The number of esters is 2. The molecule has 0 saturated carbocycles. The van der Waals surface area contributed by atoms with Gasteiger partial charge in [-0.1, -0.05) is 83.6 Å². The molecule has 1 heterocycles. The van der Waals surface area contributed by atoms with Gasteiger partial charge in [-0.3, -0.25) is 4.79 Å². The lowest BCUT2D eigenvalue weighted by molar-refractivity contribution is -0.183. The largest absolute Gasteiger partial charge is 0.494 e. The molecule has 3 aromatic carbocycles. The number of hydrogen-bond acceptors (Lipinski definition) is 6. The van der Waals surface area contributed by atoms with Crippen molar-refractivity contribution >= 4 is 46.1 Å². The van der Waals surface area contributed by atoms with Crippen molar-refractivity contribution in [3.05, 3.63) is 100 Å². The van der Waals surface area contributed by atoms with Crippen LogP contribution in [-0.2, 0) is 25.4 Å². The predicted octanol–water partition coefficient (Wildman–Crippen LogP) is 7.00. The van der Waals surface area contributed by atoms with Crippen LogP contribution in [0.4, 0.5) is 0 Å². The molecule has 1 fully saturated rings. The number of carbonyl (C=O) groups excluding carboxylic acids is 2. The van der Waals surface area contributed by atoms with Gasteiger partial charge in [-0.25, -0.2) is 4.79 Å². The third-order valence-electron chi connectivity index (χ3n) is 6.71. The van der Waals surface area contributed by atoms with Gasteiger partial charge in [0.1, 0.15) is 30.7 Å². The van der Waals surface area contributed by atoms with Gasteiger partial charge < -0.3 is 18.9 Å². The maximum atomic E-state index is 12.6. The van der Waals surface area contributed by atoms with Crippen LogP contribution in [-0.4, -0.2) is 41.3 Å². The average molecular weight is 663 g/mol. The van der Waals surface area contributed by atoms with Gasteiger partial charge in [0.05, 0.1) is 12.2 Å². The fraction of sp³-hybridized carbons (Fsp3) is 0.355. The Hall–Kier alpha value is -2.62. The number of rotatable bonds is 9. The zero-order chi connectivity index (χ0) is 27.9. The third-order valence-corrected chi connectivity index (χ3v) is 9.02. The molecule has 0 aliphatic carbocycles. The Morgan fingerprint density at radius 1 is 1.03 bits per heavy atom. The van der Waals surface area contributed by atoms with E-state index in [-0.39, 0.29) is 22.4 Å². The smallest absolute Gasteiger partial charge is 0.338 e. The summed E-state index contributed by atoms with van der Waals surface area (Å²) >= 11 is 8.89. The van der Waals surface area contributed by atoms with Crippen molar-refractivity contribution in [2.45, 2.75) is 49.4 Å². The van der Waals surface area contributed by atoms with E-state index in [4.69, 9.17) is 30.5 Å². The van der Waals surface area contributed by atoms with Crippen LogP contribution in [0.15, 0.2) is 72.8 Å². The molecule has 206 valence electrons. The zero-order valence-corrected chi connectivity index (χ0v) is 25.1. The molecule has 1 saturated heterocycles. The van der Waals surface area contributed by atoms with Gasteiger partial charge >= 0.3 is 11.9 Å². The van der Waals surface area contributed by atoms with E-state index in [0.717, 1.165) is 22.4 Å². The number of halogens is 2. The van der Waals surface area contributed by atoms with E-state index in [1.165, 1.54) is 6.92 Å². The Morgan fingerprint density at radius 2 is 1.74 bits per heavy atom. The van der Waals surface area contributed by atoms with Gasteiger partial charge in [-0.05, 0) is 60.4 Å². The van der Waals surface area contributed by atoms with Crippen LogP contribution in [0.1, 0.15) is 53.9 Å². The molecule has 1 aliphatic rings. The van der Waals surface area contributed by atoms with Crippen molar-refractivity contribution in [3.63, 3.8) is 0 Å². The van der Waals surface area contributed by atoms with E-state index in [2.05, 4.69) is 22.6 Å². The highest BCUT2D eigenvalue weighted by molar-refractivity contribution is 14.1. The van der Waals surface area contributed by atoms with E-state index in [1.54, 1.807) is 24.3 Å². The number of carbonyl (C=O) groups is 2. The summed E-state index contributed by atoms with van der Waals surface area (Å²) in [4.78, 5) is 24.6. The predicted molar refractivity (Wildman–Crippen MR) is 159 cm³/mol. The van der Waals surface area contributed by atoms with E-state index in [0.29, 0.717) is 23.6 Å². The normalized spacial score (nSPS) is 22.6. The molecule has 6 nitrogen and oxygen atoms in total. The lowest BCUT2D eigenvalue weighted by Crippen LogP contribution is -2.50. The van der Waals surface area contributed by atoms with Crippen LogP contribution in [0.5, 0.6) is 5.75 Å². The minimum atomic E-state index is -0.549. The first-order chi connectivity index (χ1) is 18.8. The SMILES string of the molecule is CCOc1ccc(Cc2cc(C3OC(COC(=O)c4ccccc4)C(I)C(C)C3OC(C)=O)ccc2Cl)cc1. The van der Waals surface area contributed by atoms with Crippen LogP contribution >= 0.6 is 34.2 Å². The molecule has 0 bridgehead atoms. The van der Waals surface area contributed by atoms with E-state index < -0.39 is 24.3 Å². The highest BCUT2D eigenvalue weighted by Crippen LogP contribution is 2.41. The number of benzene rings is 3. The molecule has 0 radical (unpaired) electrons. The third kappa shape index (κ3) is 7.52. The first-order valence-electron chi connectivity index (χ1n) is 13.0. The van der Waals surface area contributed by atoms with Crippen LogP contribution in [0, 0.1) is 5.92 Å². The first kappa shape index (κ1) is 29.4. The monoisotopic (exact) mass is 662 g/mol. The van der Waals surface area contributed by atoms with E-state index >= 15 is 0 Å². The van der Waals surface area contributed by atoms with Crippen LogP contribution in [0.2, 0.25) is 5.02 Å². The molecule has 39 heavy (non-hydrogen) atoms. The topological polar surface area (TPSA) is 71.1 Å². The Balaban J connectivity index is 1.56. The van der Waals surface area contributed by atoms with Crippen molar-refractivity contribution in [1.29, 1.82) is 0 Å². The minimum absolute atomic E-state index is 0.0533. The molecule has 5 unspecified atom stereocenters. The highest BCUT2D eigenvalue weighted by Gasteiger charge is 2.45. The lowest BCUT2D eigenvalue weighted by Gasteiger charge is -2.43. The fourth-order valence-electron chi connectivity index (χ4n) is 4.71. The summed E-state index contributed by atoms with van der Waals surface area (Å²) in [5, 5.41) is 0.639. The lowest BCUT2D eigenvalue weighted by atomic mass is 9.86. The molecule has 0 N–H and O–H groups in total. The van der Waals surface area contributed by atoms with Gasteiger partial charge in [-0.2, -0.15) is 0 Å². The Morgan fingerprint density at radius 3 is 2.41 bits per heavy atom. The highest BCUT2D eigenvalue weighted by atomic mass is 127. The van der Waals surface area contributed by atoms with Crippen molar-refractivity contribution in [2.24, 2.45) is 5.92 Å². The molecule has 0 spiro atoms. The van der Waals surface area contributed by atoms with E-state index in [9.17, 15) is 9.59 Å². The quantitative estimate of drug-likeness (QED) is 0.140. The second kappa shape index (κ2) is 13.6. The molecule has 0 amide bonds. The zero-order valence-electron chi connectivity index (χ0n) is 22.1. The summed E-state index contributed by atoms with van der Waals surface area (Å²) in [6, 6.07) is 22.6. The minimum Gasteiger partial charge on any atom is -0.494 e. The van der Waals surface area contributed by atoms with Crippen molar-refractivity contribution in [3.8, 4) is 5.75 Å². The maximum absolute atomic E-state index is 12.6. The fourth-order valence-corrected chi connectivity index (χ4v) is 5.68. The standard InChI is InChI=1S/C31H32ClIO6/c1-4-36-25-13-10-21(11-14-25)16-24-17-23(12-15-26(24)32)30-29(38-20(3)34)19(2)28(33)27(39-30)18-37-31(35)22-8-6-5-7-9-22/h5-15,17,19,27-30H,4,16,18H2,1-3H3. The Labute approximate surface area is 248 Å². The molecule has 8 heteroatoms. The maximum Gasteiger partial charge on any atom is 0.338 e. The van der Waals surface area contributed by atoms with Gasteiger partial charge in [0.15, 0.2) is 0 Å². The van der Waals surface area contributed by atoms with Crippen molar-refractivity contribution in [1.82, 2.24) is 0 Å². The second-order valence-corrected chi connectivity index (χ2v) is 11.4. The molecular weight excluding hydrogens is 631 g/mol. The summed E-state index contributed by atoms with van der Waals surface area (Å²) in [5.74, 6) is -0.0129. The molecule has 3 aromatic rings. The Bertz CT molecular complexity index is 1270. The molecule has 4 rings (SSSR count). The number of ether oxygens (including phenoxy) is 4. The van der Waals surface area contributed by atoms with E-state index in [1.807, 2.05) is 62.4 Å². The average Bonchev–Trinajstić information content (AvgIpc) is 2.93. The number of hydrogen-bond donors (Lipinski definition) is 0. The molecular formula is C31H32ClIO6. The van der Waals surface area contributed by atoms with Crippen LogP contribution in [0.3, 0.4) is 0 Å². The van der Waals surface area contributed by atoms with Crippen LogP contribution < -0.4 is 4.74 Å². The molecule has 1 aliphatic heterocycles. The molecule has 5 atom stereocenters. The summed E-state index contributed by atoms with van der Waals surface area (Å²) < 4.78 is 23.4. The van der Waals surface area contributed by atoms with Gasteiger partial charge in [0, 0.05) is 21.8 Å². The van der Waals surface area contributed by atoms with Gasteiger partial charge in [0.25, 0.3) is 0 Å². The van der Waals surface area contributed by atoms with Gasteiger partial charge in [-0.15, -0.1) is 0 Å². The van der Waals surface area contributed by atoms with Crippen molar-refractivity contribution < 1.29 is 28.5 Å². The molecule has 0 aromatic heterocycles. The second-order valence-electron chi connectivity index (χ2n) is 9.54. The summed E-state index contributed by atoms with van der Waals surface area (Å²) in [6.45, 7) is 6.08. The number of alkyl halides is 1. The van der Waals surface area contributed by atoms with Crippen LogP contribution in [0.25, 0.3) is 0 Å². The summed E-state index contributed by atoms with van der Waals surface area (Å²) in [5.41, 5.74) is 3.35.